The Labute approximate surface area is 143 Å². The van der Waals surface area contributed by atoms with Gasteiger partial charge in [0, 0.05) is 21.2 Å². The fraction of sp³-hybridized carbons (Fsp3) is 0.176. The topological polar surface area (TPSA) is 44.2 Å². The van der Waals surface area contributed by atoms with Crippen LogP contribution in [0.1, 0.15) is 5.56 Å². The van der Waals surface area contributed by atoms with Gasteiger partial charge in [0.1, 0.15) is 0 Å². The van der Waals surface area contributed by atoms with Gasteiger partial charge in [0.15, 0.2) is 11.5 Å². The maximum Gasteiger partial charge on any atom is 0.162 e. The van der Waals surface area contributed by atoms with Crippen molar-refractivity contribution in [2.24, 2.45) is 0 Å². The highest BCUT2D eigenvalue weighted by Crippen LogP contribution is 2.42. The first-order chi connectivity index (χ1) is 11.2. The number of rotatable bonds is 5. The van der Waals surface area contributed by atoms with Crippen LogP contribution in [0.25, 0.3) is 10.9 Å². The molecule has 0 bridgehead atoms. The smallest absolute Gasteiger partial charge is 0.162 e. The Morgan fingerprint density at radius 2 is 1.61 bits per heavy atom. The molecule has 0 aliphatic rings. The molecule has 1 aromatic heterocycles. The zero-order valence-corrected chi connectivity index (χ0v) is 14.7. The van der Waals surface area contributed by atoms with Crippen LogP contribution in [-0.2, 0) is 0 Å². The molecule has 0 unspecified atom stereocenters. The van der Waals surface area contributed by atoms with Crippen LogP contribution >= 0.6 is 21.6 Å². The second-order valence-corrected chi connectivity index (χ2v) is 7.16. The lowest BCUT2D eigenvalue weighted by molar-refractivity contribution is 0.355. The summed E-state index contributed by atoms with van der Waals surface area (Å²) in [5, 5.41) is 9.28. The highest BCUT2D eigenvalue weighted by atomic mass is 33.1. The van der Waals surface area contributed by atoms with Gasteiger partial charge >= 0.3 is 0 Å². The van der Waals surface area contributed by atoms with Gasteiger partial charge in [-0.1, -0.05) is 39.3 Å². The summed E-state index contributed by atoms with van der Waals surface area (Å²) < 4.78 is 10.7. The molecule has 3 rings (SSSR count). The molecule has 0 fully saturated rings. The molecule has 4 nitrogen and oxygen atoms in total. The second kappa shape index (κ2) is 7.10. The minimum Gasteiger partial charge on any atom is -0.493 e. The number of fused-ring (bicyclic) bond motifs is 1. The number of ether oxygens (including phenoxy) is 2. The van der Waals surface area contributed by atoms with E-state index in [1.165, 1.54) is 10.5 Å². The van der Waals surface area contributed by atoms with Crippen LogP contribution in [0.15, 0.2) is 52.4 Å². The Kier molecular flexibility index (Phi) is 4.93. The molecule has 0 aliphatic heterocycles. The van der Waals surface area contributed by atoms with Crippen molar-refractivity contribution < 1.29 is 9.47 Å². The van der Waals surface area contributed by atoms with Crippen molar-refractivity contribution in [3.05, 3.63) is 48.2 Å². The van der Waals surface area contributed by atoms with Crippen molar-refractivity contribution in [2.45, 2.75) is 16.7 Å². The van der Waals surface area contributed by atoms with Gasteiger partial charge in [0.2, 0.25) is 0 Å². The summed E-state index contributed by atoms with van der Waals surface area (Å²) in [7, 11) is 6.60. The van der Waals surface area contributed by atoms with Crippen molar-refractivity contribution >= 4 is 32.5 Å². The van der Waals surface area contributed by atoms with E-state index in [9.17, 15) is 0 Å². The van der Waals surface area contributed by atoms with Gasteiger partial charge in [0.25, 0.3) is 0 Å². The SMILES string of the molecule is COc1cc2nncc(SSc3ccc(C)cc3)c2cc1OC. The summed E-state index contributed by atoms with van der Waals surface area (Å²) in [4.78, 5) is 2.24. The number of hydrogen-bond donors (Lipinski definition) is 0. The Balaban J connectivity index is 1.92. The van der Waals surface area contributed by atoms with Crippen molar-refractivity contribution in [3.8, 4) is 11.5 Å². The van der Waals surface area contributed by atoms with Crippen LogP contribution < -0.4 is 9.47 Å². The summed E-state index contributed by atoms with van der Waals surface area (Å²) in [5.41, 5.74) is 2.05. The van der Waals surface area contributed by atoms with Crippen LogP contribution in [0.5, 0.6) is 11.5 Å². The number of hydrogen-bond acceptors (Lipinski definition) is 6. The van der Waals surface area contributed by atoms with Gasteiger partial charge in [-0.3, -0.25) is 0 Å². The average molecular weight is 344 g/mol. The van der Waals surface area contributed by atoms with E-state index in [2.05, 4.69) is 41.4 Å². The van der Waals surface area contributed by atoms with Crippen LogP contribution in [0.3, 0.4) is 0 Å². The summed E-state index contributed by atoms with van der Waals surface area (Å²) >= 11 is 0. The maximum atomic E-state index is 5.39. The normalized spacial score (nSPS) is 10.7. The minimum atomic E-state index is 0.655. The number of nitrogens with zero attached hydrogens (tertiary/aromatic N) is 2. The lowest BCUT2D eigenvalue weighted by Gasteiger charge is -2.10. The molecule has 0 spiro atoms. The predicted molar refractivity (Wildman–Crippen MR) is 95.5 cm³/mol. The minimum absolute atomic E-state index is 0.655. The van der Waals surface area contributed by atoms with Crippen LogP contribution in [-0.4, -0.2) is 24.4 Å². The molecule has 0 saturated carbocycles. The van der Waals surface area contributed by atoms with E-state index in [4.69, 9.17) is 9.47 Å². The number of methoxy groups -OCH3 is 2. The van der Waals surface area contributed by atoms with Gasteiger partial charge in [-0.15, -0.1) is 0 Å². The molecule has 6 heteroatoms. The number of benzene rings is 2. The van der Waals surface area contributed by atoms with Gasteiger partial charge in [0.05, 0.1) is 25.9 Å². The fourth-order valence-electron chi connectivity index (χ4n) is 2.11. The Hall–Kier alpha value is -1.92. The van der Waals surface area contributed by atoms with Crippen molar-refractivity contribution in [3.63, 3.8) is 0 Å². The molecule has 23 heavy (non-hydrogen) atoms. The third-order valence-corrected chi connectivity index (χ3v) is 5.78. The molecule has 1 heterocycles. The summed E-state index contributed by atoms with van der Waals surface area (Å²) in [6.45, 7) is 2.08. The van der Waals surface area contributed by atoms with E-state index in [0.717, 1.165) is 15.8 Å². The first kappa shape index (κ1) is 16.0. The molecular formula is C17H16N2O2S2. The van der Waals surface area contributed by atoms with Crippen LogP contribution in [0, 0.1) is 6.92 Å². The molecule has 0 radical (unpaired) electrons. The quantitative estimate of drug-likeness (QED) is 0.622. The Morgan fingerprint density at radius 1 is 0.913 bits per heavy atom. The standard InChI is InChI=1S/C17H16N2O2S2/c1-11-4-6-12(7-5-11)22-23-17-10-18-19-14-9-16(21-3)15(20-2)8-13(14)17/h4-10H,1-3H3. The molecule has 0 N–H and O–H groups in total. The summed E-state index contributed by atoms with van der Waals surface area (Å²) in [5.74, 6) is 1.35. The van der Waals surface area contributed by atoms with Gasteiger partial charge in [-0.2, -0.15) is 10.2 Å². The Bertz CT molecular complexity index is 823. The first-order valence-electron chi connectivity index (χ1n) is 7.00. The molecule has 3 aromatic rings. The molecule has 0 saturated heterocycles. The van der Waals surface area contributed by atoms with E-state index in [1.807, 2.05) is 12.1 Å². The lowest BCUT2D eigenvalue weighted by atomic mass is 10.2. The van der Waals surface area contributed by atoms with E-state index in [1.54, 1.807) is 42.0 Å². The lowest BCUT2D eigenvalue weighted by Crippen LogP contribution is -1.93. The monoisotopic (exact) mass is 344 g/mol. The molecule has 0 amide bonds. The molecule has 118 valence electrons. The molecule has 2 aromatic carbocycles. The van der Waals surface area contributed by atoms with Gasteiger partial charge in [-0.05, 0) is 25.1 Å². The molecular weight excluding hydrogens is 328 g/mol. The first-order valence-corrected chi connectivity index (χ1v) is 9.15. The summed E-state index contributed by atoms with van der Waals surface area (Å²) in [6.07, 6.45) is 1.78. The largest absolute Gasteiger partial charge is 0.493 e. The van der Waals surface area contributed by atoms with Crippen LogP contribution in [0.4, 0.5) is 0 Å². The van der Waals surface area contributed by atoms with Gasteiger partial charge in [-0.25, -0.2) is 0 Å². The average Bonchev–Trinajstić information content (AvgIpc) is 2.60. The van der Waals surface area contributed by atoms with E-state index in [0.29, 0.717) is 11.5 Å². The summed E-state index contributed by atoms with van der Waals surface area (Å²) in [6, 6.07) is 12.3. The van der Waals surface area contributed by atoms with Crippen molar-refractivity contribution in [1.29, 1.82) is 0 Å². The predicted octanol–water partition coefficient (Wildman–Crippen LogP) is 4.75. The van der Waals surface area contributed by atoms with E-state index >= 15 is 0 Å². The van der Waals surface area contributed by atoms with E-state index < -0.39 is 0 Å². The number of aromatic nitrogens is 2. The third kappa shape index (κ3) is 3.54. The van der Waals surface area contributed by atoms with E-state index in [-0.39, 0.29) is 0 Å². The highest BCUT2D eigenvalue weighted by molar-refractivity contribution is 8.76. The van der Waals surface area contributed by atoms with Crippen molar-refractivity contribution in [1.82, 2.24) is 10.2 Å². The third-order valence-electron chi connectivity index (χ3n) is 3.36. The molecule has 0 atom stereocenters. The zero-order chi connectivity index (χ0) is 16.2. The van der Waals surface area contributed by atoms with Crippen LogP contribution in [0.2, 0.25) is 0 Å². The fourth-order valence-corrected chi connectivity index (χ4v) is 4.18. The van der Waals surface area contributed by atoms with Crippen molar-refractivity contribution in [2.75, 3.05) is 14.2 Å². The highest BCUT2D eigenvalue weighted by Gasteiger charge is 2.11. The molecule has 0 aliphatic carbocycles. The van der Waals surface area contributed by atoms with Gasteiger partial charge < -0.3 is 9.47 Å². The maximum absolute atomic E-state index is 5.39. The number of aryl methyl sites for hydroxylation is 1. The zero-order valence-electron chi connectivity index (χ0n) is 13.1. The Morgan fingerprint density at radius 3 is 2.30 bits per heavy atom. The second-order valence-electron chi connectivity index (χ2n) is 4.91.